The Balaban J connectivity index is 2.37. The largest absolute Gasteiger partial charge is 0.493 e. The highest BCUT2D eigenvalue weighted by Gasteiger charge is 2.30. The first-order valence-electron chi connectivity index (χ1n) is 5.80. The molecule has 0 radical (unpaired) electrons. The Hall–Kier alpha value is -1.60. The van der Waals surface area contributed by atoms with E-state index >= 15 is 0 Å². The fraction of sp³-hybridized carbons (Fsp3) is 0.417. The minimum atomic E-state index is -3.81. The quantitative estimate of drug-likeness (QED) is 0.881. The SMILES string of the molecule is CC(C(=O)O)N(C)S(=O)(=O)c1ccc2c(c1)CCO2. The van der Waals surface area contributed by atoms with Crippen molar-refractivity contribution in [2.45, 2.75) is 24.3 Å². The number of benzene rings is 1. The van der Waals surface area contributed by atoms with Gasteiger partial charge in [0, 0.05) is 13.5 Å². The minimum absolute atomic E-state index is 0.0901. The summed E-state index contributed by atoms with van der Waals surface area (Å²) >= 11 is 0. The Kier molecular flexibility index (Phi) is 3.51. The molecule has 0 amide bonds. The van der Waals surface area contributed by atoms with Crippen molar-refractivity contribution < 1.29 is 23.1 Å². The number of likely N-dealkylation sites (N-methyl/N-ethyl adjacent to an activating group) is 1. The lowest BCUT2D eigenvalue weighted by Crippen LogP contribution is -2.40. The van der Waals surface area contributed by atoms with E-state index < -0.39 is 22.0 Å². The summed E-state index contributed by atoms with van der Waals surface area (Å²) in [5.41, 5.74) is 0.831. The van der Waals surface area contributed by atoms with Crippen LogP contribution >= 0.6 is 0 Å². The molecule has 1 aliphatic rings. The number of sulfonamides is 1. The van der Waals surface area contributed by atoms with E-state index in [0.717, 1.165) is 9.87 Å². The van der Waals surface area contributed by atoms with Gasteiger partial charge in [0.15, 0.2) is 0 Å². The molecule has 1 aromatic rings. The highest BCUT2D eigenvalue weighted by Crippen LogP contribution is 2.28. The van der Waals surface area contributed by atoms with Gasteiger partial charge in [0.1, 0.15) is 11.8 Å². The zero-order chi connectivity index (χ0) is 14.2. The van der Waals surface area contributed by atoms with Gasteiger partial charge >= 0.3 is 5.97 Å². The second-order valence-electron chi connectivity index (χ2n) is 4.40. The van der Waals surface area contributed by atoms with Gasteiger partial charge in [-0.25, -0.2) is 8.42 Å². The van der Waals surface area contributed by atoms with E-state index in [2.05, 4.69) is 0 Å². The first-order chi connectivity index (χ1) is 8.84. The molecule has 7 heteroatoms. The number of nitrogens with zero attached hydrogens (tertiary/aromatic N) is 1. The summed E-state index contributed by atoms with van der Waals surface area (Å²) in [5, 5.41) is 8.89. The van der Waals surface area contributed by atoms with Crippen molar-refractivity contribution in [3.05, 3.63) is 23.8 Å². The van der Waals surface area contributed by atoms with Crippen LogP contribution in [0.4, 0.5) is 0 Å². The lowest BCUT2D eigenvalue weighted by atomic mass is 10.2. The number of carboxylic acid groups (broad SMARTS) is 1. The molecule has 1 aliphatic heterocycles. The molecular weight excluding hydrogens is 270 g/mol. The number of carboxylic acids is 1. The molecule has 0 saturated heterocycles. The van der Waals surface area contributed by atoms with Gasteiger partial charge in [-0.1, -0.05) is 0 Å². The predicted molar refractivity (Wildman–Crippen MR) is 67.7 cm³/mol. The number of ether oxygens (including phenoxy) is 1. The third-order valence-corrected chi connectivity index (χ3v) is 5.16. The molecule has 6 nitrogen and oxygen atoms in total. The first-order valence-corrected chi connectivity index (χ1v) is 7.24. The Morgan fingerprint density at radius 2 is 2.16 bits per heavy atom. The predicted octanol–water partition coefficient (Wildman–Crippen LogP) is 0.715. The third-order valence-electron chi connectivity index (χ3n) is 3.24. The lowest BCUT2D eigenvalue weighted by molar-refractivity contribution is -0.140. The number of fused-ring (bicyclic) bond motifs is 1. The Bertz CT molecular complexity index is 611. The number of hydrogen-bond acceptors (Lipinski definition) is 4. The van der Waals surface area contributed by atoms with Crippen molar-refractivity contribution in [2.24, 2.45) is 0 Å². The van der Waals surface area contributed by atoms with E-state index in [1.165, 1.54) is 20.0 Å². The molecule has 104 valence electrons. The van der Waals surface area contributed by atoms with Gasteiger partial charge in [-0.05, 0) is 30.7 Å². The van der Waals surface area contributed by atoms with Gasteiger partial charge in [-0.3, -0.25) is 4.79 Å². The van der Waals surface area contributed by atoms with E-state index in [1.807, 2.05) is 0 Å². The molecule has 1 unspecified atom stereocenters. The molecule has 0 aliphatic carbocycles. The molecule has 1 atom stereocenters. The van der Waals surface area contributed by atoms with Crippen molar-refractivity contribution in [3.63, 3.8) is 0 Å². The van der Waals surface area contributed by atoms with Crippen LogP contribution in [-0.4, -0.2) is 43.5 Å². The molecule has 1 N–H and O–H groups in total. The summed E-state index contributed by atoms with van der Waals surface area (Å²) < 4.78 is 30.8. The van der Waals surface area contributed by atoms with Crippen LogP contribution in [0.5, 0.6) is 5.75 Å². The maximum Gasteiger partial charge on any atom is 0.321 e. The van der Waals surface area contributed by atoms with Gasteiger partial charge in [-0.15, -0.1) is 0 Å². The maximum absolute atomic E-state index is 12.3. The monoisotopic (exact) mass is 285 g/mol. The summed E-state index contributed by atoms with van der Waals surface area (Å²) in [5.74, 6) is -0.497. The second kappa shape index (κ2) is 4.82. The standard InChI is InChI=1S/C12H15NO5S/c1-8(12(14)15)13(2)19(16,17)10-3-4-11-9(7-10)5-6-18-11/h3-4,7-8H,5-6H2,1-2H3,(H,14,15). The van der Waals surface area contributed by atoms with Crippen LogP contribution in [0.25, 0.3) is 0 Å². The Morgan fingerprint density at radius 1 is 1.47 bits per heavy atom. The molecule has 1 heterocycles. The molecule has 0 aromatic heterocycles. The smallest absolute Gasteiger partial charge is 0.321 e. The van der Waals surface area contributed by atoms with E-state index in [-0.39, 0.29) is 4.90 Å². The van der Waals surface area contributed by atoms with Crippen LogP contribution in [0.15, 0.2) is 23.1 Å². The average molecular weight is 285 g/mol. The van der Waals surface area contributed by atoms with Crippen molar-refractivity contribution in [1.82, 2.24) is 4.31 Å². The second-order valence-corrected chi connectivity index (χ2v) is 6.40. The Morgan fingerprint density at radius 3 is 2.79 bits per heavy atom. The topological polar surface area (TPSA) is 83.9 Å². The van der Waals surface area contributed by atoms with Crippen LogP contribution in [0.3, 0.4) is 0 Å². The van der Waals surface area contributed by atoms with Gasteiger partial charge in [0.2, 0.25) is 10.0 Å². The van der Waals surface area contributed by atoms with E-state index in [0.29, 0.717) is 18.8 Å². The summed E-state index contributed by atoms with van der Waals surface area (Å²) in [6.45, 7) is 1.87. The molecule has 2 rings (SSSR count). The third kappa shape index (κ3) is 2.43. The Labute approximate surface area is 111 Å². The number of aliphatic carboxylic acids is 1. The lowest BCUT2D eigenvalue weighted by Gasteiger charge is -2.21. The van der Waals surface area contributed by atoms with E-state index in [4.69, 9.17) is 9.84 Å². The minimum Gasteiger partial charge on any atom is -0.493 e. The van der Waals surface area contributed by atoms with Crippen LogP contribution in [-0.2, 0) is 21.2 Å². The maximum atomic E-state index is 12.3. The molecule has 0 saturated carbocycles. The fourth-order valence-electron chi connectivity index (χ4n) is 1.85. The molecule has 1 aromatic carbocycles. The van der Waals surface area contributed by atoms with Crippen LogP contribution in [0, 0.1) is 0 Å². The highest BCUT2D eigenvalue weighted by molar-refractivity contribution is 7.89. The summed E-state index contributed by atoms with van der Waals surface area (Å²) in [6.07, 6.45) is 0.664. The van der Waals surface area contributed by atoms with Crippen molar-refractivity contribution in [1.29, 1.82) is 0 Å². The molecule has 0 fully saturated rings. The zero-order valence-corrected chi connectivity index (χ0v) is 11.5. The van der Waals surface area contributed by atoms with Gasteiger partial charge in [0.25, 0.3) is 0 Å². The first kappa shape index (κ1) is 13.8. The van der Waals surface area contributed by atoms with Crippen molar-refractivity contribution in [2.75, 3.05) is 13.7 Å². The van der Waals surface area contributed by atoms with Gasteiger partial charge < -0.3 is 9.84 Å². The number of carbonyl (C=O) groups is 1. The molecule has 0 spiro atoms. The van der Waals surface area contributed by atoms with Crippen LogP contribution in [0.1, 0.15) is 12.5 Å². The molecular formula is C12H15NO5S. The summed E-state index contributed by atoms with van der Waals surface area (Å²) in [6, 6.07) is 3.47. The molecule has 0 bridgehead atoms. The highest BCUT2D eigenvalue weighted by atomic mass is 32.2. The van der Waals surface area contributed by atoms with E-state index in [9.17, 15) is 13.2 Å². The average Bonchev–Trinajstić information content (AvgIpc) is 2.83. The summed E-state index contributed by atoms with van der Waals surface area (Å²) in [7, 11) is -2.55. The summed E-state index contributed by atoms with van der Waals surface area (Å²) in [4.78, 5) is 11.0. The van der Waals surface area contributed by atoms with Crippen molar-refractivity contribution >= 4 is 16.0 Å². The van der Waals surface area contributed by atoms with Gasteiger partial charge in [-0.2, -0.15) is 4.31 Å². The molecule has 19 heavy (non-hydrogen) atoms. The fourth-order valence-corrected chi connectivity index (χ4v) is 3.22. The number of hydrogen-bond donors (Lipinski definition) is 1. The van der Waals surface area contributed by atoms with Gasteiger partial charge in [0.05, 0.1) is 11.5 Å². The number of rotatable bonds is 4. The normalized spacial score (nSPS) is 15.9. The zero-order valence-electron chi connectivity index (χ0n) is 10.7. The van der Waals surface area contributed by atoms with Crippen molar-refractivity contribution in [3.8, 4) is 5.75 Å². The van der Waals surface area contributed by atoms with E-state index in [1.54, 1.807) is 12.1 Å². The van der Waals surface area contributed by atoms with Crippen LogP contribution < -0.4 is 4.74 Å². The van der Waals surface area contributed by atoms with Crippen LogP contribution in [0.2, 0.25) is 0 Å².